The number of rotatable bonds is 7. The van der Waals surface area contributed by atoms with Gasteiger partial charge in [-0.3, -0.25) is 4.79 Å². The van der Waals surface area contributed by atoms with Crippen LogP contribution in [0.25, 0.3) is 11.0 Å². The molecule has 2 N–H and O–H groups in total. The molecule has 2 aromatic rings. The topological polar surface area (TPSA) is 76.2 Å². The minimum atomic E-state index is -0.224. The predicted octanol–water partition coefficient (Wildman–Crippen LogP) is 2.74. The van der Waals surface area contributed by atoms with Crippen LogP contribution in [0.2, 0.25) is 0 Å². The maximum atomic E-state index is 12.2. The number of nitrogens with zero attached hydrogens (tertiary/aromatic N) is 1. The first-order chi connectivity index (χ1) is 11.7. The number of nitrogens with one attached hydrogen (secondary N) is 2. The molecule has 1 aromatic carbocycles. The summed E-state index contributed by atoms with van der Waals surface area (Å²) in [6.07, 6.45) is 2.26. The number of hydrogen-bond acceptors (Lipinski definition) is 5. The molecular weight excluding hydrogens is 326 g/mol. The molecular formula is C17H23N3O3S. The first-order valence-corrected chi connectivity index (χ1v) is 9.22. The molecule has 0 saturated carbocycles. The van der Waals surface area contributed by atoms with E-state index in [0.29, 0.717) is 13.2 Å². The monoisotopic (exact) mass is 349 g/mol. The van der Waals surface area contributed by atoms with Crippen LogP contribution in [0.5, 0.6) is 5.75 Å². The zero-order valence-corrected chi connectivity index (χ0v) is 14.8. The highest BCUT2D eigenvalue weighted by atomic mass is 32.2. The summed E-state index contributed by atoms with van der Waals surface area (Å²) in [6.45, 7) is 5.85. The number of H-pyrrole nitrogens is 1. The van der Waals surface area contributed by atoms with Gasteiger partial charge in [0.1, 0.15) is 5.75 Å². The third-order valence-electron chi connectivity index (χ3n) is 3.93. The molecule has 2 atom stereocenters. The van der Waals surface area contributed by atoms with Gasteiger partial charge in [-0.05, 0) is 38.8 Å². The summed E-state index contributed by atoms with van der Waals surface area (Å²) >= 11 is 1.42. The van der Waals surface area contributed by atoms with Gasteiger partial charge in [0.2, 0.25) is 5.91 Å². The van der Waals surface area contributed by atoms with Gasteiger partial charge in [0.15, 0.2) is 5.16 Å². The van der Waals surface area contributed by atoms with Crippen LogP contribution >= 0.6 is 11.8 Å². The molecule has 6 nitrogen and oxygen atoms in total. The summed E-state index contributed by atoms with van der Waals surface area (Å²) in [5.41, 5.74) is 1.78. The number of thioether (sulfide) groups is 1. The summed E-state index contributed by atoms with van der Waals surface area (Å²) in [4.78, 5) is 20.0. The van der Waals surface area contributed by atoms with Crippen molar-refractivity contribution < 1.29 is 14.3 Å². The van der Waals surface area contributed by atoms with Crippen LogP contribution in [0.1, 0.15) is 26.7 Å². The molecule has 1 aliphatic rings. The fraction of sp³-hybridized carbons (Fsp3) is 0.529. The van der Waals surface area contributed by atoms with Gasteiger partial charge in [-0.25, -0.2) is 4.98 Å². The molecule has 0 bridgehead atoms. The highest BCUT2D eigenvalue weighted by Gasteiger charge is 2.20. The summed E-state index contributed by atoms with van der Waals surface area (Å²) < 4.78 is 11.0. The number of carbonyl (C=O) groups is 1. The molecule has 3 rings (SSSR count). The van der Waals surface area contributed by atoms with Crippen LogP contribution in [0.4, 0.5) is 0 Å². The molecule has 24 heavy (non-hydrogen) atoms. The highest BCUT2D eigenvalue weighted by Crippen LogP contribution is 2.26. The summed E-state index contributed by atoms with van der Waals surface area (Å²) in [5, 5.41) is 3.47. The number of imidazole rings is 1. The molecule has 130 valence electrons. The minimum absolute atomic E-state index is 0.00552. The molecule has 1 saturated heterocycles. The van der Waals surface area contributed by atoms with E-state index in [1.807, 2.05) is 32.0 Å². The normalized spacial score (nSPS) is 18.7. The largest absolute Gasteiger partial charge is 0.494 e. The smallest absolute Gasteiger partial charge is 0.233 e. The van der Waals surface area contributed by atoms with Crippen molar-refractivity contribution in [2.24, 2.45) is 0 Å². The zero-order valence-electron chi connectivity index (χ0n) is 14.0. The van der Waals surface area contributed by atoms with Crippen molar-refractivity contribution in [2.75, 3.05) is 19.8 Å². The van der Waals surface area contributed by atoms with Crippen molar-refractivity contribution in [1.29, 1.82) is 0 Å². The minimum Gasteiger partial charge on any atom is -0.494 e. The summed E-state index contributed by atoms with van der Waals surface area (Å²) in [5.74, 6) is 0.818. The lowest BCUT2D eigenvalue weighted by molar-refractivity contribution is -0.120. The lowest BCUT2D eigenvalue weighted by Gasteiger charge is -2.13. The Morgan fingerprint density at radius 1 is 1.58 bits per heavy atom. The van der Waals surface area contributed by atoms with Crippen molar-refractivity contribution >= 4 is 28.7 Å². The first-order valence-electron chi connectivity index (χ1n) is 8.34. The Balaban J connectivity index is 1.57. The Hall–Kier alpha value is -1.73. The zero-order chi connectivity index (χ0) is 16.9. The lowest BCUT2D eigenvalue weighted by atomic mass is 10.2. The molecule has 2 heterocycles. The van der Waals surface area contributed by atoms with Gasteiger partial charge in [-0.15, -0.1) is 0 Å². The van der Waals surface area contributed by atoms with E-state index >= 15 is 0 Å². The van der Waals surface area contributed by atoms with Crippen LogP contribution < -0.4 is 10.1 Å². The van der Waals surface area contributed by atoms with E-state index in [4.69, 9.17) is 9.47 Å². The number of aromatic nitrogens is 2. The van der Waals surface area contributed by atoms with Crippen molar-refractivity contribution in [3.8, 4) is 5.75 Å². The molecule has 0 radical (unpaired) electrons. The lowest BCUT2D eigenvalue weighted by Crippen LogP contribution is -2.36. The van der Waals surface area contributed by atoms with Crippen molar-refractivity contribution in [2.45, 2.75) is 43.2 Å². The van der Waals surface area contributed by atoms with Gasteiger partial charge >= 0.3 is 0 Å². The van der Waals surface area contributed by atoms with E-state index in [1.54, 1.807) is 0 Å². The van der Waals surface area contributed by atoms with Crippen molar-refractivity contribution in [1.82, 2.24) is 15.3 Å². The van der Waals surface area contributed by atoms with Crippen LogP contribution in [0, 0.1) is 0 Å². The summed E-state index contributed by atoms with van der Waals surface area (Å²) in [6, 6.07) is 5.75. The Labute approximate surface area is 145 Å². The van der Waals surface area contributed by atoms with Crippen LogP contribution in [-0.4, -0.2) is 47.0 Å². The molecule has 1 fully saturated rings. The van der Waals surface area contributed by atoms with Gasteiger partial charge in [0.25, 0.3) is 0 Å². The number of aromatic amines is 1. The Morgan fingerprint density at radius 2 is 2.46 bits per heavy atom. The van der Waals surface area contributed by atoms with Gasteiger partial charge in [-0.1, -0.05) is 11.8 Å². The third-order valence-corrected chi connectivity index (χ3v) is 4.91. The van der Waals surface area contributed by atoms with E-state index in [2.05, 4.69) is 15.3 Å². The number of benzene rings is 1. The highest BCUT2D eigenvalue weighted by molar-refractivity contribution is 8.00. The maximum Gasteiger partial charge on any atom is 0.233 e. The molecule has 1 aromatic heterocycles. The van der Waals surface area contributed by atoms with E-state index in [9.17, 15) is 4.79 Å². The predicted molar refractivity (Wildman–Crippen MR) is 94.6 cm³/mol. The van der Waals surface area contributed by atoms with Crippen molar-refractivity contribution in [3.05, 3.63) is 18.2 Å². The molecule has 0 spiro atoms. The number of amides is 1. The second-order valence-corrected chi connectivity index (χ2v) is 7.12. The van der Waals surface area contributed by atoms with E-state index in [-0.39, 0.29) is 17.3 Å². The molecule has 7 heteroatoms. The molecule has 1 amide bonds. The Morgan fingerprint density at radius 3 is 3.21 bits per heavy atom. The van der Waals surface area contributed by atoms with Crippen LogP contribution in [0.15, 0.2) is 23.4 Å². The van der Waals surface area contributed by atoms with Crippen LogP contribution in [0.3, 0.4) is 0 Å². The fourth-order valence-electron chi connectivity index (χ4n) is 2.66. The SMILES string of the molecule is CCOc1ccc2nc(S[C@H](C)C(=O)NC[C@@H]3CCCO3)[nH]c2c1. The number of ether oxygens (including phenoxy) is 2. The van der Waals surface area contributed by atoms with Gasteiger partial charge in [-0.2, -0.15) is 0 Å². The Bertz CT molecular complexity index is 697. The molecule has 1 aliphatic heterocycles. The first kappa shape index (κ1) is 17.1. The van der Waals surface area contributed by atoms with E-state index in [0.717, 1.165) is 41.4 Å². The maximum absolute atomic E-state index is 12.2. The average Bonchev–Trinajstić information content (AvgIpc) is 3.21. The van der Waals surface area contributed by atoms with E-state index in [1.165, 1.54) is 11.8 Å². The number of fused-ring (bicyclic) bond motifs is 1. The van der Waals surface area contributed by atoms with Gasteiger partial charge in [0, 0.05) is 19.2 Å². The standard InChI is InChI=1S/C17H23N3O3S/c1-3-22-12-6-7-14-15(9-12)20-17(19-14)24-11(2)16(21)18-10-13-5-4-8-23-13/h6-7,9,11,13H,3-5,8,10H2,1-2H3,(H,18,21)(H,19,20)/t11-,13+/m1/s1. The molecule has 0 aliphatic carbocycles. The molecule has 0 unspecified atom stereocenters. The second-order valence-electron chi connectivity index (χ2n) is 5.79. The average molecular weight is 349 g/mol. The quantitative estimate of drug-likeness (QED) is 0.752. The summed E-state index contributed by atoms with van der Waals surface area (Å²) in [7, 11) is 0. The number of carbonyl (C=O) groups excluding carboxylic acids is 1. The Kier molecular flexibility index (Phi) is 5.63. The van der Waals surface area contributed by atoms with Gasteiger partial charge in [0.05, 0.1) is 29.0 Å². The van der Waals surface area contributed by atoms with Gasteiger partial charge < -0.3 is 19.8 Å². The third kappa shape index (κ3) is 4.21. The second kappa shape index (κ2) is 7.90. The van der Waals surface area contributed by atoms with Crippen molar-refractivity contribution in [3.63, 3.8) is 0 Å². The van der Waals surface area contributed by atoms with E-state index < -0.39 is 0 Å². The fourth-order valence-corrected chi connectivity index (χ4v) is 3.51. The number of hydrogen-bond donors (Lipinski definition) is 2. The van der Waals surface area contributed by atoms with Crippen LogP contribution in [-0.2, 0) is 9.53 Å².